The highest BCUT2D eigenvalue weighted by Gasteiger charge is 2.02. The maximum atomic E-state index is 12.1. The minimum absolute atomic E-state index is 0.123. The lowest BCUT2D eigenvalue weighted by Gasteiger charge is -2.10. The SMILES string of the molecule is CCCOc1ccccc1/C=C/C(=O)Nc1ccc(OC(C)C)cc1. The summed E-state index contributed by atoms with van der Waals surface area (Å²) in [4.78, 5) is 12.1. The number of carbonyl (C=O) groups is 1. The standard InChI is InChI=1S/C21H25NO3/c1-4-15-24-20-8-6-5-7-17(20)9-14-21(23)22-18-10-12-19(13-11-18)25-16(2)3/h5-14,16H,4,15H2,1-3H3,(H,22,23)/b14-9+. The van der Waals surface area contributed by atoms with Crippen LogP contribution in [0.5, 0.6) is 11.5 Å². The van der Waals surface area contributed by atoms with Crippen LogP contribution in [-0.2, 0) is 4.79 Å². The van der Waals surface area contributed by atoms with Crippen LogP contribution in [-0.4, -0.2) is 18.6 Å². The van der Waals surface area contributed by atoms with E-state index in [-0.39, 0.29) is 12.0 Å². The Bertz CT molecular complexity index is 705. The topological polar surface area (TPSA) is 47.6 Å². The molecule has 2 aromatic rings. The summed E-state index contributed by atoms with van der Waals surface area (Å²) in [5.41, 5.74) is 1.60. The van der Waals surface area contributed by atoms with Crippen molar-refractivity contribution in [2.24, 2.45) is 0 Å². The Kier molecular flexibility index (Phi) is 7.08. The van der Waals surface area contributed by atoms with Crippen molar-refractivity contribution >= 4 is 17.7 Å². The van der Waals surface area contributed by atoms with Crippen molar-refractivity contribution in [3.63, 3.8) is 0 Å². The van der Waals surface area contributed by atoms with Gasteiger partial charge in [0.1, 0.15) is 11.5 Å². The zero-order chi connectivity index (χ0) is 18.1. The minimum atomic E-state index is -0.192. The van der Waals surface area contributed by atoms with E-state index in [0.29, 0.717) is 6.61 Å². The largest absolute Gasteiger partial charge is 0.493 e. The van der Waals surface area contributed by atoms with Crippen LogP contribution >= 0.6 is 0 Å². The third-order valence-corrected chi connectivity index (χ3v) is 3.29. The third-order valence-electron chi connectivity index (χ3n) is 3.29. The lowest BCUT2D eigenvalue weighted by molar-refractivity contribution is -0.111. The number of anilines is 1. The fraction of sp³-hybridized carbons (Fsp3) is 0.286. The molecule has 1 amide bonds. The molecule has 0 aromatic heterocycles. The summed E-state index contributed by atoms with van der Waals surface area (Å²) in [6.45, 7) is 6.66. The molecule has 0 aliphatic carbocycles. The van der Waals surface area contributed by atoms with E-state index in [9.17, 15) is 4.79 Å². The molecule has 25 heavy (non-hydrogen) atoms. The van der Waals surface area contributed by atoms with Crippen LogP contribution in [0.2, 0.25) is 0 Å². The Morgan fingerprint density at radius 2 is 1.84 bits per heavy atom. The highest BCUT2D eigenvalue weighted by atomic mass is 16.5. The molecule has 2 rings (SSSR count). The van der Waals surface area contributed by atoms with Crippen molar-refractivity contribution in [1.29, 1.82) is 0 Å². The zero-order valence-corrected chi connectivity index (χ0v) is 15.0. The summed E-state index contributed by atoms with van der Waals surface area (Å²) in [7, 11) is 0. The first-order valence-electron chi connectivity index (χ1n) is 8.56. The Balaban J connectivity index is 1.97. The van der Waals surface area contributed by atoms with Gasteiger partial charge in [-0.15, -0.1) is 0 Å². The normalized spacial score (nSPS) is 10.9. The summed E-state index contributed by atoms with van der Waals surface area (Å²) < 4.78 is 11.3. The summed E-state index contributed by atoms with van der Waals surface area (Å²) in [5.74, 6) is 1.37. The average molecular weight is 339 g/mol. The average Bonchev–Trinajstić information content (AvgIpc) is 2.60. The second-order valence-corrected chi connectivity index (χ2v) is 5.90. The highest BCUT2D eigenvalue weighted by Crippen LogP contribution is 2.20. The minimum Gasteiger partial charge on any atom is -0.493 e. The number of benzene rings is 2. The number of rotatable bonds is 8. The van der Waals surface area contributed by atoms with Gasteiger partial charge in [-0.3, -0.25) is 4.79 Å². The van der Waals surface area contributed by atoms with E-state index in [0.717, 1.165) is 29.2 Å². The number of nitrogens with one attached hydrogen (secondary N) is 1. The monoisotopic (exact) mass is 339 g/mol. The van der Waals surface area contributed by atoms with Gasteiger partial charge in [0.05, 0.1) is 12.7 Å². The third kappa shape index (κ3) is 6.34. The van der Waals surface area contributed by atoms with Crippen LogP contribution in [0.15, 0.2) is 54.6 Å². The Labute approximate surface area is 149 Å². The number of para-hydroxylation sites is 1. The number of carbonyl (C=O) groups excluding carboxylic acids is 1. The first-order valence-corrected chi connectivity index (χ1v) is 8.56. The van der Waals surface area contributed by atoms with E-state index in [1.807, 2.05) is 62.4 Å². The predicted octanol–water partition coefficient (Wildman–Crippen LogP) is 4.91. The summed E-state index contributed by atoms with van der Waals surface area (Å²) >= 11 is 0. The molecule has 0 aliphatic heterocycles. The first-order chi connectivity index (χ1) is 12.1. The van der Waals surface area contributed by atoms with Crippen molar-refractivity contribution in [1.82, 2.24) is 0 Å². The molecular formula is C21H25NO3. The number of ether oxygens (including phenoxy) is 2. The van der Waals surface area contributed by atoms with Gasteiger partial charge in [-0.25, -0.2) is 0 Å². The van der Waals surface area contributed by atoms with Gasteiger partial charge in [0.25, 0.3) is 0 Å². The molecule has 0 unspecified atom stereocenters. The second kappa shape index (κ2) is 9.52. The van der Waals surface area contributed by atoms with Crippen molar-refractivity contribution in [3.8, 4) is 11.5 Å². The fourth-order valence-corrected chi connectivity index (χ4v) is 2.20. The summed E-state index contributed by atoms with van der Waals surface area (Å²) in [5, 5.41) is 2.83. The smallest absolute Gasteiger partial charge is 0.248 e. The second-order valence-electron chi connectivity index (χ2n) is 5.90. The van der Waals surface area contributed by atoms with Crippen molar-refractivity contribution in [2.45, 2.75) is 33.3 Å². The van der Waals surface area contributed by atoms with Crippen LogP contribution in [0.4, 0.5) is 5.69 Å². The lowest BCUT2D eigenvalue weighted by atomic mass is 10.2. The van der Waals surface area contributed by atoms with Gasteiger partial charge in [-0.1, -0.05) is 25.1 Å². The molecule has 0 atom stereocenters. The molecule has 0 spiro atoms. The quantitative estimate of drug-likeness (QED) is 0.695. The number of hydrogen-bond acceptors (Lipinski definition) is 3. The van der Waals surface area contributed by atoms with Gasteiger partial charge < -0.3 is 14.8 Å². The Hall–Kier alpha value is -2.75. The molecule has 132 valence electrons. The van der Waals surface area contributed by atoms with Gasteiger partial charge >= 0.3 is 0 Å². The van der Waals surface area contributed by atoms with Crippen LogP contribution < -0.4 is 14.8 Å². The molecule has 0 fully saturated rings. The summed E-state index contributed by atoms with van der Waals surface area (Å²) in [6.07, 6.45) is 4.33. The zero-order valence-electron chi connectivity index (χ0n) is 15.0. The van der Waals surface area contributed by atoms with Gasteiger partial charge in [0, 0.05) is 17.3 Å². The van der Waals surface area contributed by atoms with E-state index in [2.05, 4.69) is 12.2 Å². The molecule has 4 heteroatoms. The number of amides is 1. The van der Waals surface area contributed by atoms with Crippen molar-refractivity contribution in [2.75, 3.05) is 11.9 Å². The highest BCUT2D eigenvalue weighted by molar-refractivity contribution is 6.02. The van der Waals surface area contributed by atoms with E-state index in [4.69, 9.17) is 9.47 Å². The molecule has 0 radical (unpaired) electrons. The Morgan fingerprint density at radius 3 is 2.52 bits per heavy atom. The molecule has 1 N–H and O–H groups in total. The van der Waals surface area contributed by atoms with Crippen LogP contribution in [0.3, 0.4) is 0 Å². The molecule has 0 saturated heterocycles. The molecule has 0 aliphatic rings. The van der Waals surface area contributed by atoms with Crippen molar-refractivity contribution < 1.29 is 14.3 Å². The maximum absolute atomic E-state index is 12.1. The first kappa shape index (κ1) is 18.6. The van der Waals surface area contributed by atoms with Gasteiger partial charge in [0.15, 0.2) is 0 Å². The number of hydrogen-bond donors (Lipinski definition) is 1. The van der Waals surface area contributed by atoms with E-state index in [1.54, 1.807) is 6.08 Å². The molecule has 0 heterocycles. The lowest BCUT2D eigenvalue weighted by Crippen LogP contribution is -2.08. The van der Waals surface area contributed by atoms with Gasteiger partial charge in [0.2, 0.25) is 5.91 Å². The van der Waals surface area contributed by atoms with Crippen LogP contribution in [0.1, 0.15) is 32.8 Å². The predicted molar refractivity (Wildman–Crippen MR) is 102 cm³/mol. The van der Waals surface area contributed by atoms with Crippen LogP contribution in [0, 0.1) is 0 Å². The van der Waals surface area contributed by atoms with Gasteiger partial charge in [-0.05, 0) is 56.7 Å². The summed E-state index contributed by atoms with van der Waals surface area (Å²) in [6, 6.07) is 15.0. The molecule has 4 nitrogen and oxygen atoms in total. The molecular weight excluding hydrogens is 314 g/mol. The maximum Gasteiger partial charge on any atom is 0.248 e. The Morgan fingerprint density at radius 1 is 1.12 bits per heavy atom. The molecule has 0 saturated carbocycles. The van der Waals surface area contributed by atoms with E-state index in [1.165, 1.54) is 6.08 Å². The van der Waals surface area contributed by atoms with E-state index >= 15 is 0 Å². The fourth-order valence-electron chi connectivity index (χ4n) is 2.20. The van der Waals surface area contributed by atoms with Crippen LogP contribution in [0.25, 0.3) is 6.08 Å². The van der Waals surface area contributed by atoms with E-state index < -0.39 is 0 Å². The van der Waals surface area contributed by atoms with Crippen molar-refractivity contribution in [3.05, 3.63) is 60.2 Å². The molecule has 2 aromatic carbocycles. The van der Waals surface area contributed by atoms with Gasteiger partial charge in [-0.2, -0.15) is 0 Å². The molecule has 0 bridgehead atoms.